The molecule has 0 amide bonds. The number of hydrogen-bond acceptors (Lipinski definition) is 5. The minimum Gasteiger partial charge on any atom is -0.458 e. The van der Waals surface area contributed by atoms with Gasteiger partial charge in [-0.15, -0.1) is 0 Å². The molecule has 94 valence electrons. The molecule has 0 spiro atoms. The first-order chi connectivity index (χ1) is 7.47. The van der Waals surface area contributed by atoms with Crippen LogP contribution in [-0.2, 0) is 14.3 Å². The average molecular weight is 247 g/mol. The zero-order valence-electron chi connectivity index (χ0n) is 10.2. The van der Waals surface area contributed by atoms with Crippen LogP contribution in [0.5, 0.6) is 0 Å². The molecule has 0 bridgehead atoms. The summed E-state index contributed by atoms with van der Waals surface area (Å²) < 4.78 is 10.5. The molecule has 1 saturated heterocycles. The summed E-state index contributed by atoms with van der Waals surface area (Å²) in [5.74, 6) is 1.91. The maximum absolute atomic E-state index is 11.3. The number of nitrogens with one attached hydrogen (secondary N) is 1. The van der Waals surface area contributed by atoms with E-state index in [-0.39, 0.29) is 12.6 Å². The van der Waals surface area contributed by atoms with E-state index in [2.05, 4.69) is 5.32 Å². The van der Waals surface area contributed by atoms with Crippen molar-refractivity contribution in [3.63, 3.8) is 0 Å². The van der Waals surface area contributed by atoms with E-state index in [1.165, 1.54) is 0 Å². The predicted octanol–water partition coefficient (Wildman–Crippen LogP) is 1.05. The van der Waals surface area contributed by atoms with E-state index in [1.807, 2.05) is 32.5 Å². The molecule has 0 aromatic rings. The average Bonchev–Trinajstić information content (AvgIpc) is 2.16. The van der Waals surface area contributed by atoms with Gasteiger partial charge in [-0.05, 0) is 20.8 Å². The molecule has 1 atom stereocenters. The van der Waals surface area contributed by atoms with E-state index in [0.29, 0.717) is 12.6 Å². The van der Waals surface area contributed by atoms with Crippen LogP contribution in [0.15, 0.2) is 0 Å². The molecule has 5 heteroatoms. The predicted molar refractivity (Wildman–Crippen MR) is 65.8 cm³/mol. The lowest BCUT2D eigenvalue weighted by Gasteiger charge is -2.23. The molecule has 0 aromatic carbocycles. The highest BCUT2D eigenvalue weighted by Gasteiger charge is 2.17. The molecule has 1 rings (SSSR count). The number of hydrogen-bond donors (Lipinski definition) is 1. The van der Waals surface area contributed by atoms with Crippen LogP contribution in [0, 0.1) is 0 Å². The third-order valence-corrected chi connectivity index (χ3v) is 3.09. The van der Waals surface area contributed by atoms with Crippen molar-refractivity contribution in [1.82, 2.24) is 5.32 Å². The summed E-state index contributed by atoms with van der Waals surface area (Å²) in [4.78, 5) is 11.3. The number of carbonyl (C=O) groups is 1. The maximum atomic E-state index is 11.3. The molecule has 1 heterocycles. The van der Waals surface area contributed by atoms with Crippen LogP contribution in [0.3, 0.4) is 0 Å². The quantitative estimate of drug-likeness (QED) is 0.752. The van der Waals surface area contributed by atoms with Gasteiger partial charge in [-0.25, -0.2) is 4.79 Å². The highest BCUT2D eigenvalue weighted by molar-refractivity contribution is 7.99. The minimum atomic E-state index is -0.431. The molecule has 1 aliphatic heterocycles. The normalized spacial score (nSPS) is 21.8. The Hall–Kier alpha value is -0.260. The van der Waals surface area contributed by atoms with Crippen LogP contribution in [0.4, 0.5) is 0 Å². The second kappa shape index (κ2) is 6.47. The van der Waals surface area contributed by atoms with Gasteiger partial charge < -0.3 is 14.8 Å². The van der Waals surface area contributed by atoms with E-state index in [9.17, 15) is 4.79 Å². The first-order valence-corrected chi connectivity index (χ1v) is 6.73. The number of thioether (sulfide) groups is 1. The molecule has 1 N–H and O–H groups in total. The maximum Gasteiger partial charge on any atom is 0.332 e. The fourth-order valence-electron chi connectivity index (χ4n) is 1.38. The summed E-state index contributed by atoms with van der Waals surface area (Å²) >= 11 is 1.91. The van der Waals surface area contributed by atoms with Gasteiger partial charge in [0, 0.05) is 24.1 Å². The summed E-state index contributed by atoms with van der Waals surface area (Å²) in [5.41, 5.74) is -0.431. The van der Waals surface area contributed by atoms with Crippen LogP contribution in [0.25, 0.3) is 0 Å². The summed E-state index contributed by atoms with van der Waals surface area (Å²) in [6.07, 6.45) is 0. The van der Waals surface area contributed by atoms with Gasteiger partial charge in [-0.3, -0.25) is 0 Å². The van der Waals surface area contributed by atoms with Gasteiger partial charge in [0.1, 0.15) is 12.2 Å². The number of esters is 1. The third kappa shape index (κ3) is 6.35. The summed E-state index contributed by atoms with van der Waals surface area (Å²) in [6.45, 7) is 7.19. The molecule has 0 saturated carbocycles. The van der Waals surface area contributed by atoms with Crippen molar-refractivity contribution in [3.8, 4) is 0 Å². The topological polar surface area (TPSA) is 47.6 Å². The summed E-state index contributed by atoms with van der Waals surface area (Å²) in [7, 11) is 0. The Bertz CT molecular complexity index is 222. The molecule has 0 radical (unpaired) electrons. The Morgan fingerprint density at radius 1 is 1.50 bits per heavy atom. The largest absolute Gasteiger partial charge is 0.458 e. The first-order valence-electron chi connectivity index (χ1n) is 5.58. The molecule has 1 fully saturated rings. The standard InChI is InChI=1S/C11H21NO3S/c1-11(2,3)15-10(13)7-14-6-9-8-16-5-4-12-9/h9,12H,4-8H2,1-3H3. The zero-order valence-corrected chi connectivity index (χ0v) is 11.1. The monoisotopic (exact) mass is 247 g/mol. The molecule has 0 aliphatic carbocycles. The van der Waals surface area contributed by atoms with Crippen LogP contribution in [-0.4, -0.2) is 48.9 Å². The van der Waals surface area contributed by atoms with Crippen molar-refractivity contribution in [2.75, 3.05) is 31.3 Å². The van der Waals surface area contributed by atoms with Crippen molar-refractivity contribution in [3.05, 3.63) is 0 Å². The molecule has 16 heavy (non-hydrogen) atoms. The van der Waals surface area contributed by atoms with Crippen molar-refractivity contribution >= 4 is 17.7 Å². The first kappa shape index (κ1) is 13.8. The minimum absolute atomic E-state index is 0.0418. The fourth-order valence-corrected chi connectivity index (χ4v) is 2.31. The fraction of sp³-hybridized carbons (Fsp3) is 0.909. The molecule has 0 aromatic heterocycles. The van der Waals surface area contributed by atoms with E-state index in [0.717, 1.165) is 18.1 Å². The summed E-state index contributed by atoms with van der Waals surface area (Å²) in [6, 6.07) is 0.362. The second-order valence-corrected chi connectivity index (χ2v) is 5.98. The molecule has 1 unspecified atom stereocenters. The van der Waals surface area contributed by atoms with Gasteiger partial charge in [0.2, 0.25) is 0 Å². The van der Waals surface area contributed by atoms with Crippen molar-refractivity contribution in [2.24, 2.45) is 0 Å². The van der Waals surface area contributed by atoms with Gasteiger partial charge in [0.25, 0.3) is 0 Å². The SMILES string of the molecule is CC(C)(C)OC(=O)COCC1CSCCN1. The lowest BCUT2D eigenvalue weighted by molar-refractivity contribution is -0.160. The van der Waals surface area contributed by atoms with Crippen molar-refractivity contribution < 1.29 is 14.3 Å². The highest BCUT2D eigenvalue weighted by Crippen LogP contribution is 2.09. The highest BCUT2D eigenvalue weighted by atomic mass is 32.2. The van der Waals surface area contributed by atoms with Gasteiger partial charge in [0.15, 0.2) is 0 Å². The lowest BCUT2D eigenvalue weighted by Crippen LogP contribution is -2.41. The number of carbonyl (C=O) groups excluding carboxylic acids is 1. The molecular weight excluding hydrogens is 226 g/mol. The van der Waals surface area contributed by atoms with Crippen molar-refractivity contribution in [2.45, 2.75) is 32.4 Å². The van der Waals surface area contributed by atoms with Gasteiger partial charge in [-0.1, -0.05) is 0 Å². The van der Waals surface area contributed by atoms with E-state index in [4.69, 9.17) is 9.47 Å². The smallest absolute Gasteiger partial charge is 0.332 e. The Balaban J connectivity index is 2.08. The zero-order chi connectivity index (χ0) is 12.0. The van der Waals surface area contributed by atoms with Crippen LogP contribution >= 0.6 is 11.8 Å². The second-order valence-electron chi connectivity index (χ2n) is 4.83. The number of ether oxygens (including phenoxy) is 2. The molecular formula is C11H21NO3S. The van der Waals surface area contributed by atoms with Crippen LogP contribution in [0.2, 0.25) is 0 Å². The Morgan fingerprint density at radius 2 is 2.25 bits per heavy atom. The number of rotatable bonds is 4. The van der Waals surface area contributed by atoms with E-state index < -0.39 is 5.60 Å². The molecule has 1 aliphatic rings. The van der Waals surface area contributed by atoms with Crippen LogP contribution in [0.1, 0.15) is 20.8 Å². The Labute approximate surface area is 101 Å². The van der Waals surface area contributed by atoms with Gasteiger partial charge in [0.05, 0.1) is 6.61 Å². The lowest BCUT2D eigenvalue weighted by atomic mass is 10.2. The van der Waals surface area contributed by atoms with E-state index >= 15 is 0 Å². The molecule has 4 nitrogen and oxygen atoms in total. The van der Waals surface area contributed by atoms with Gasteiger partial charge >= 0.3 is 5.97 Å². The third-order valence-electron chi connectivity index (χ3n) is 1.96. The Kier molecular flexibility index (Phi) is 5.58. The van der Waals surface area contributed by atoms with Crippen LogP contribution < -0.4 is 5.32 Å². The van der Waals surface area contributed by atoms with Crippen molar-refractivity contribution in [1.29, 1.82) is 0 Å². The Morgan fingerprint density at radius 3 is 2.81 bits per heavy atom. The summed E-state index contributed by atoms with van der Waals surface area (Å²) in [5, 5.41) is 3.34. The van der Waals surface area contributed by atoms with Gasteiger partial charge in [-0.2, -0.15) is 11.8 Å². The van der Waals surface area contributed by atoms with E-state index in [1.54, 1.807) is 0 Å².